The molecule has 0 amide bonds. The Morgan fingerprint density at radius 2 is 2.10 bits per heavy atom. The van der Waals surface area contributed by atoms with Gasteiger partial charge in [-0.15, -0.1) is 0 Å². The van der Waals surface area contributed by atoms with Crippen LogP contribution in [0.1, 0.15) is 6.42 Å². The number of benzene rings is 1. The van der Waals surface area contributed by atoms with Crippen molar-refractivity contribution in [1.82, 2.24) is 14.9 Å². The lowest BCUT2D eigenvalue weighted by atomic mass is 10.3. The molecule has 21 heavy (non-hydrogen) atoms. The van der Waals surface area contributed by atoms with E-state index < -0.39 is 0 Å². The van der Waals surface area contributed by atoms with Gasteiger partial charge in [0, 0.05) is 22.9 Å². The fraction of sp³-hybridized carbons (Fsp3) is 0.333. The molecule has 0 saturated heterocycles. The summed E-state index contributed by atoms with van der Waals surface area (Å²) in [6.07, 6.45) is 2.81. The quantitative estimate of drug-likeness (QED) is 0.750. The van der Waals surface area contributed by atoms with E-state index in [-0.39, 0.29) is 0 Å². The van der Waals surface area contributed by atoms with Crippen molar-refractivity contribution in [3.05, 3.63) is 41.0 Å². The first-order valence-electron chi connectivity index (χ1n) is 6.88. The van der Waals surface area contributed by atoms with Crippen LogP contribution in [0.4, 0.5) is 17.5 Å². The number of nitrogens with zero attached hydrogens (tertiary/aromatic N) is 3. The van der Waals surface area contributed by atoms with Crippen LogP contribution in [-0.4, -0.2) is 42.1 Å². The molecule has 0 bridgehead atoms. The lowest BCUT2D eigenvalue weighted by Crippen LogP contribution is -2.17. The molecule has 0 aliphatic rings. The number of halogens is 1. The van der Waals surface area contributed by atoms with Crippen molar-refractivity contribution in [3.63, 3.8) is 0 Å². The molecule has 0 aliphatic heterocycles. The first-order chi connectivity index (χ1) is 10.1. The third kappa shape index (κ3) is 5.69. The molecule has 1 aromatic carbocycles. The molecule has 1 aromatic heterocycles. The molecule has 112 valence electrons. The van der Waals surface area contributed by atoms with E-state index in [2.05, 4.69) is 55.5 Å². The SMILES string of the molecule is CN(C)CCCNc1nccc(Nc2cccc(Br)c2)n1. The summed E-state index contributed by atoms with van der Waals surface area (Å²) in [6, 6.07) is 9.83. The van der Waals surface area contributed by atoms with Crippen LogP contribution in [0.3, 0.4) is 0 Å². The van der Waals surface area contributed by atoms with Gasteiger partial charge >= 0.3 is 0 Å². The lowest BCUT2D eigenvalue weighted by Gasteiger charge is -2.11. The summed E-state index contributed by atoms with van der Waals surface area (Å²) in [5, 5.41) is 6.50. The van der Waals surface area contributed by atoms with Gasteiger partial charge in [-0.3, -0.25) is 0 Å². The Morgan fingerprint density at radius 1 is 1.24 bits per heavy atom. The van der Waals surface area contributed by atoms with Crippen molar-refractivity contribution in [3.8, 4) is 0 Å². The van der Waals surface area contributed by atoms with Crippen LogP contribution in [0.2, 0.25) is 0 Å². The van der Waals surface area contributed by atoms with Gasteiger partial charge in [0.25, 0.3) is 0 Å². The molecular weight excluding hydrogens is 330 g/mol. The van der Waals surface area contributed by atoms with Crippen molar-refractivity contribution < 1.29 is 0 Å². The third-order valence-corrected chi connectivity index (χ3v) is 3.31. The zero-order valence-electron chi connectivity index (χ0n) is 12.3. The average molecular weight is 350 g/mol. The molecule has 0 unspecified atom stereocenters. The zero-order valence-corrected chi connectivity index (χ0v) is 13.9. The molecule has 2 N–H and O–H groups in total. The number of aromatic nitrogens is 2. The van der Waals surface area contributed by atoms with Crippen LogP contribution in [0.15, 0.2) is 41.0 Å². The summed E-state index contributed by atoms with van der Waals surface area (Å²) in [6.45, 7) is 1.90. The van der Waals surface area contributed by atoms with E-state index in [9.17, 15) is 0 Å². The van der Waals surface area contributed by atoms with Crippen molar-refractivity contribution in [2.45, 2.75) is 6.42 Å². The van der Waals surface area contributed by atoms with Gasteiger partial charge in [0.1, 0.15) is 5.82 Å². The minimum absolute atomic E-state index is 0.647. The summed E-state index contributed by atoms with van der Waals surface area (Å²) in [4.78, 5) is 10.8. The first-order valence-corrected chi connectivity index (χ1v) is 7.67. The predicted octanol–water partition coefficient (Wildman–Crippen LogP) is 3.35. The van der Waals surface area contributed by atoms with Gasteiger partial charge in [0.15, 0.2) is 0 Å². The van der Waals surface area contributed by atoms with Gasteiger partial charge < -0.3 is 15.5 Å². The minimum Gasteiger partial charge on any atom is -0.354 e. The molecule has 0 spiro atoms. The second-order valence-corrected chi connectivity index (χ2v) is 5.90. The molecule has 0 radical (unpaired) electrons. The van der Waals surface area contributed by atoms with Crippen molar-refractivity contribution >= 4 is 33.4 Å². The Hall–Kier alpha value is -1.66. The maximum Gasteiger partial charge on any atom is 0.224 e. The molecule has 6 heteroatoms. The van der Waals surface area contributed by atoms with Gasteiger partial charge in [-0.05, 0) is 51.3 Å². The van der Waals surface area contributed by atoms with Crippen LogP contribution in [0.5, 0.6) is 0 Å². The van der Waals surface area contributed by atoms with E-state index in [4.69, 9.17) is 0 Å². The first kappa shape index (κ1) is 15.7. The normalized spacial score (nSPS) is 10.7. The molecule has 2 rings (SSSR count). The number of hydrogen-bond acceptors (Lipinski definition) is 5. The Labute approximate surface area is 133 Å². The van der Waals surface area contributed by atoms with Gasteiger partial charge in [-0.25, -0.2) is 4.98 Å². The summed E-state index contributed by atoms with van der Waals surface area (Å²) < 4.78 is 1.03. The van der Waals surface area contributed by atoms with E-state index in [0.717, 1.165) is 35.5 Å². The molecule has 0 atom stereocenters. The molecule has 0 aliphatic carbocycles. The molecular formula is C15H20BrN5. The van der Waals surface area contributed by atoms with Crippen molar-refractivity contribution in [2.75, 3.05) is 37.8 Å². The predicted molar refractivity (Wildman–Crippen MR) is 91.1 cm³/mol. The van der Waals surface area contributed by atoms with Crippen LogP contribution in [-0.2, 0) is 0 Å². The minimum atomic E-state index is 0.647. The van der Waals surface area contributed by atoms with Gasteiger partial charge in [0.2, 0.25) is 5.95 Å². The Bertz CT molecular complexity index is 573. The summed E-state index contributed by atoms with van der Waals surface area (Å²) >= 11 is 3.45. The fourth-order valence-electron chi connectivity index (χ4n) is 1.82. The highest BCUT2D eigenvalue weighted by atomic mass is 79.9. The Morgan fingerprint density at radius 3 is 2.86 bits per heavy atom. The molecule has 0 fully saturated rings. The molecule has 1 heterocycles. The van der Waals surface area contributed by atoms with Gasteiger partial charge in [-0.2, -0.15) is 4.98 Å². The highest BCUT2D eigenvalue weighted by Gasteiger charge is 2.00. The van der Waals surface area contributed by atoms with Crippen LogP contribution < -0.4 is 10.6 Å². The maximum atomic E-state index is 4.45. The van der Waals surface area contributed by atoms with Crippen molar-refractivity contribution in [2.24, 2.45) is 0 Å². The van der Waals surface area contributed by atoms with Gasteiger partial charge in [-0.1, -0.05) is 22.0 Å². The number of nitrogens with one attached hydrogen (secondary N) is 2. The largest absolute Gasteiger partial charge is 0.354 e. The third-order valence-electron chi connectivity index (χ3n) is 2.82. The summed E-state index contributed by atoms with van der Waals surface area (Å²) in [7, 11) is 4.14. The smallest absolute Gasteiger partial charge is 0.224 e. The van der Waals surface area contributed by atoms with E-state index in [0.29, 0.717) is 5.95 Å². The summed E-state index contributed by atoms with van der Waals surface area (Å²) in [5.41, 5.74) is 0.988. The second-order valence-electron chi connectivity index (χ2n) is 4.98. The topological polar surface area (TPSA) is 53.1 Å². The monoisotopic (exact) mass is 349 g/mol. The second kappa shape index (κ2) is 7.95. The molecule has 0 saturated carbocycles. The summed E-state index contributed by atoms with van der Waals surface area (Å²) in [5.74, 6) is 1.42. The van der Waals surface area contributed by atoms with Crippen LogP contribution >= 0.6 is 15.9 Å². The number of hydrogen-bond donors (Lipinski definition) is 2. The molecule has 5 nitrogen and oxygen atoms in total. The average Bonchev–Trinajstić information content (AvgIpc) is 2.44. The maximum absolute atomic E-state index is 4.45. The standard InChI is InChI=1S/C15H20BrN5/c1-21(2)10-4-8-17-15-18-9-7-14(20-15)19-13-6-3-5-12(16)11-13/h3,5-7,9,11H,4,8,10H2,1-2H3,(H2,17,18,19,20). The zero-order chi connectivity index (χ0) is 15.1. The van der Waals surface area contributed by atoms with Crippen molar-refractivity contribution in [1.29, 1.82) is 0 Å². The highest BCUT2D eigenvalue weighted by molar-refractivity contribution is 9.10. The highest BCUT2D eigenvalue weighted by Crippen LogP contribution is 2.19. The van der Waals surface area contributed by atoms with E-state index in [1.54, 1.807) is 6.20 Å². The van der Waals surface area contributed by atoms with E-state index in [1.165, 1.54) is 0 Å². The Balaban J connectivity index is 1.91. The van der Waals surface area contributed by atoms with Gasteiger partial charge in [0.05, 0.1) is 0 Å². The number of anilines is 3. The van der Waals surface area contributed by atoms with Crippen LogP contribution in [0, 0.1) is 0 Å². The number of rotatable bonds is 7. The Kier molecular flexibility index (Phi) is 5.95. The lowest BCUT2D eigenvalue weighted by molar-refractivity contribution is 0.405. The van der Waals surface area contributed by atoms with E-state index >= 15 is 0 Å². The van der Waals surface area contributed by atoms with Crippen LogP contribution in [0.25, 0.3) is 0 Å². The molecule has 2 aromatic rings. The fourth-order valence-corrected chi connectivity index (χ4v) is 2.22. The van der Waals surface area contributed by atoms with E-state index in [1.807, 2.05) is 30.3 Å².